The van der Waals surface area contributed by atoms with Crippen molar-refractivity contribution in [1.29, 1.82) is 0 Å². The summed E-state index contributed by atoms with van der Waals surface area (Å²) < 4.78 is 1.55. The highest BCUT2D eigenvalue weighted by Gasteiger charge is 2.26. The molecule has 8 nitrogen and oxygen atoms in total. The Morgan fingerprint density at radius 2 is 1.72 bits per heavy atom. The van der Waals surface area contributed by atoms with E-state index < -0.39 is 0 Å². The number of carbonyl (C=O) groups is 2. The van der Waals surface area contributed by atoms with Gasteiger partial charge in [-0.25, -0.2) is 4.68 Å². The minimum absolute atomic E-state index is 0.0319. The van der Waals surface area contributed by atoms with Gasteiger partial charge in [0.2, 0.25) is 0 Å². The van der Waals surface area contributed by atoms with E-state index in [0.717, 1.165) is 5.69 Å². The summed E-state index contributed by atoms with van der Waals surface area (Å²) in [5.74, 6) is -0.285. The Bertz CT molecular complexity index is 997. The number of nitrogens with one attached hydrogen (secondary N) is 1. The van der Waals surface area contributed by atoms with Crippen molar-refractivity contribution in [2.24, 2.45) is 0 Å². The second-order valence-corrected chi connectivity index (χ2v) is 7.24. The van der Waals surface area contributed by atoms with Crippen LogP contribution in [-0.2, 0) is 0 Å². The van der Waals surface area contributed by atoms with Crippen LogP contribution in [0.15, 0.2) is 55.0 Å². The molecule has 0 bridgehead atoms. The zero-order valence-electron chi connectivity index (χ0n) is 15.5. The zero-order valence-corrected chi connectivity index (χ0v) is 16.3. The van der Waals surface area contributed by atoms with Crippen LogP contribution in [0.3, 0.4) is 0 Å². The number of piperidine rings is 1. The highest BCUT2D eigenvalue weighted by atomic mass is 35.5. The molecule has 3 heterocycles. The number of halogens is 1. The third-order valence-electron chi connectivity index (χ3n) is 4.86. The van der Waals surface area contributed by atoms with Crippen LogP contribution in [-0.4, -0.2) is 55.8 Å². The lowest BCUT2D eigenvalue weighted by Crippen LogP contribution is -2.46. The van der Waals surface area contributed by atoms with Gasteiger partial charge >= 0.3 is 0 Å². The highest BCUT2D eigenvalue weighted by molar-refractivity contribution is 6.30. The molecule has 1 aliphatic rings. The zero-order chi connectivity index (χ0) is 20.2. The van der Waals surface area contributed by atoms with Crippen LogP contribution in [0.2, 0.25) is 5.02 Å². The van der Waals surface area contributed by atoms with Crippen molar-refractivity contribution < 1.29 is 9.59 Å². The van der Waals surface area contributed by atoms with Crippen molar-refractivity contribution in [2.75, 3.05) is 13.1 Å². The molecule has 148 valence electrons. The second-order valence-electron chi connectivity index (χ2n) is 6.80. The number of benzene rings is 1. The predicted octanol–water partition coefficient (Wildman–Crippen LogP) is 2.35. The van der Waals surface area contributed by atoms with E-state index in [1.807, 2.05) is 12.1 Å². The van der Waals surface area contributed by atoms with Gasteiger partial charge in [0.15, 0.2) is 5.69 Å². The van der Waals surface area contributed by atoms with Crippen LogP contribution in [0.1, 0.15) is 33.7 Å². The van der Waals surface area contributed by atoms with Crippen LogP contribution in [0, 0.1) is 0 Å². The third-order valence-corrected chi connectivity index (χ3v) is 5.12. The largest absolute Gasteiger partial charge is 0.349 e. The van der Waals surface area contributed by atoms with Gasteiger partial charge in [-0.1, -0.05) is 16.8 Å². The van der Waals surface area contributed by atoms with E-state index in [4.69, 9.17) is 11.6 Å². The fourth-order valence-electron chi connectivity index (χ4n) is 3.24. The van der Waals surface area contributed by atoms with Crippen LogP contribution in [0.25, 0.3) is 5.69 Å². The topological polar surface area (TPSA) is 93.0 Å². The van der Waals surface area contributed by atoms with Crippen molar-refractivity contribution >= 4 is 23.4 Å². The molecule has 0 aliphatic carbocycles. The van der Waals surface area contributed by atoms with Gasteiger partial charge < -0.3 is 10.2 Å². The molecule has 1 fully saturated rings. The molecule has 0 saturated carbocycles. The smallest absolute Gasteiger partial charge is 0.276 e. The molecule has 0 atom stereocenters. The van der Waals surface area contributed by atoms with Crippen molar-refractivity contribution in [3.05, 3.63) is 71.3 Å². The Hall–Kier alpha value is -3.26. The molecule has 9 heteroatoms. The lowest BCUT2D eigenvalue weighted by Gasteiger charge is -2.31. The summed E-state index contributed by atoms with van der Waals surface area (Å²) in [6.07, 6.45) is 6.17. The van der Waals surface area contributed by atoms with Gasteiger partial charge in [-0.2, -0.15) is 0 Å². The molecule has 1 saturated heterocycles. The highest BCUT2D eigenvalue weighted by Crippen LogP contribution is 2.16. The minimum Gasteiger partial charge on any atom is -0.349 e. The van der Waals surface area contributed by atoms with Gasteiger partial charge in [-0.15, -0.1) is 5.10 Å². The van der Waals surface area contributed by atoms with E-state index in [-0.39, 0.29) is 17.9 Å². The molecule has 1 N–H and O–H groups in total. The lowest BCUT2D eigenvalue weighted by atomic mass is 10.0. The van der Waals surface area contributed by atoms with Gasteiger partial charge in [0.25, 0.3) is 11.8 Å². The number of aromatic nitrogens is 4. The first-order chi connectivity index (χ1) is 14.1. The van der Waals surface area contributed by atoms with Crippen molar-refractivity contribution in [2.45, 2.75) is 18.9 Å². The molecule has 4 rings (SSSR count). The van der Waals surface area contributed by atoms with Gasteiger partial charge in [-0.3, -0.25) is 14.6 Å². The fourth-order valence-corrected chi connectivity index (χ4v) is 3.37. The Balaban J connectivity index is 1.33. The monoisotopic (exact) mass is 410 g/mol. The quantitative estimate of drug-likeness (QED) is 0.712. The minimum atomic E-state index is -0.163. The molecule has 1 aliphatic heterocycles. The maximum atomic E-state index is 12.7. The van der Waals surface area contributed by atoms with Crippen LogP contribution >= 0.6 is 11.6 Å². The number of nitrogens with zero attached hydrogens (tertiary/aromatic N) is 5. The molecular formula is C20H19ClN6O2. The first kappa shape index (κ1) is 19.1. The first-order valence-corrected chi connectivity index (χ1v) is 9.66. The van der Waals surface area contributed by atoms with E-state index in [1.54, 1.807) is 52.4 Å². The van der Waals surface area contributed by atoms with Crippen molar-refractivity contribution in [1.82, 2.24) is 30.2 Å². The number of hydrogen-bond donors (Lipinski definition) is 1. The van der Waals surface area contributed by atoms with E-state index in [2.05, 4.69) is 20.6 Å². The molecule has 2 aromatic heterocycles. The molecule has 2 amide bonds. The Morgan fingerprint density at radius 3 is 2.41 bits per heavy atom. The molecular weight excluding hydrogens is 392 g/mol. The summed E-state index contributed by atoms with van der Waals surface area (Å²) >= 11 is 5.90. The predicted molar refractivity (Wildman–Crippen MR) is 107 cm³/mol. The summed E-state index contributed by atoms with van der Waals surface area (Å²) in [7, 11) is 0. The van der Waals surface area contributed by atoms with E-state index in [9.17, 15) is 9.59 Å². The molecule has 1 aromatic carbocycles. The SMILES string of the molecule is O=C(NC1CCN(C(=O)c2cn(-c3ccc(Cl)cc3)nn2)CC1)c1ccncc1. The average Bonchev–Trinajstić information content (AvgIpc) is 3.25. The molecule has 0 unspecified atom stereocenters. The summed E-state index contributed by atoms with van der Waals surface area (Å²) in [6.45, 7) is 1.10. The maximum Gasteiger partial charge on any atom is 0.276 e. The van der Waals surface area contributed by atoms with Crippen LogP contribution in [0.5, 0.6) is 0 Å². The molecule has 0 spiro atoms. The van der Waals surface area contributed by atoms with E-state index in [1.165, 1.54) is 0 Å². The summed E-state index contributed by atoms with van der Waals surface area (Å²) in [4.78, 5) is 30.7. The summed E-state index contributed by atoms with van der Waals surface area (Å²) in [5.41, 5.74) is 1.65. The van der Waals surface area contributed by atoms with Crippen molar-refractivity contribution in [3.63, 3.8) is 0 Å². The number of likely N-dealkylation sites (tertiary alicyclic amines) is 1. The number of carbonyl (C=O) groups excluding carboxylic acids is 2. The normalized spacial score (nSPS) is 14.6. The number of rotatable bonds is 4. The van der Waals surface area contributed by atoms with Crippen molar-refractivity contribution in [3.8, 4) is 5.69 Å². The van der Waals surface area contributed by atoms with Crippen LogP contribution in [0.4, 0.5) is 0 Å². The van der Waals surface area contributed by atoms with Gasteiger partial charge in [0.1, 0.15) is 0 Å². The maximum absolute atomic E-state index is 12.7. The van der Waals surface area contributed by atoms with Gasteiger partial charge in [0.05, 0.1) is 11.9 Å². The Labute approximate surface area is 172 Å². The third kappa shape index (κ3) is 4.43. The lowest BCUT2D eigenvalue weighted by molar-refractivity contribution is 0.0692. The fraction of sp³-hybridized carbons (Fsp3) is 0.250. The summed E-state index contributed by atoms with van der Waals surface area (Å²) in [6, 6.07) is 10.5. The van der Waals surface area contributed by atoms with Gasteiger partial charge in [0, 0.05) is 42.1 Å². The van der Waals surface area contributed by atoms with E-state index in [0.29, 0.717) is 42.2 Å². The summed E-state index contributed by atoms with van der Waals surface area (Å²) in [5, 5.41) is 11.7. The van der Waals surface area contributed by atoms with E-state index >= 15 is 0 Å². The number of pyridine rings is 1. The number of amides is 2. The standard InChI is InChI=1S/C20H19ClN6O2/c21-15-1-3-17(4-2-15)27-13-18(24-25-27)20(29)26-11-7-16(8-12-26)23-19(28)14-5-9-22-10-6-14/h1-6,9-10,13,16H,7-8,11-12H2,(H,23,28). The van der Waals surface area contributed by atoms with Crippen LogP contribution < -0.4 is 5.32 Å². The first-order valence-electron chi connectivity index (χ1n) is 9.28. The Kier molecular flexibility index (Phi) is 5.53. The second kappa shape index (κ2) is 8.40. The Morgan fingerprint density at radius 1 is 1.03 bits per heavy atom. The molecule has 0 radical (unpaired) electrons. The molecule has 3 aromatic rings. The number of hydrogen-bond acceptors (Lipinski definition) is 5. The average molecular weight is 411 g/mol. The molecule has 29 heavy (non-hydrogen) atoms. The van der Waals surface area contributed by atoms with Gasteiger partial charge in [-0.05, 0) is 49.2 Å².